The molecule has 17 heavy (non-hydrogen) atoms. The van der Waals surface area contributed by atoms with E-state index >= 15 is 0 Å². The number of rotatable bonds is 3. The standard InChI is InChI=1S/C13H17N3O/c1-4-11-7-12(16(3)15-11)13(17)10-6-5-9(2)14-8-10/h5-8,13,17H,4H2,1-3H3. The van der Waals surface area contributed by atoms with E-state index in [2.05, 4.69) is 10.1 Å². The lowest BCUT2D eigenvalue weighted by Crippen LogP contribution is -2.07. The highest BCUT2D eigenvalue weighted by Crippen LogP contribution is 2.21. The Hall–Kier alpha value is -1.68. The minimum absolute atomic E-state index is 0.666. The van der Waals surface area contributed by atoms with Crippen molar-refractivity contribution in [1.82, 2.24) is 14.8 Å². The maximum atomic E-state index is 10.3. The van der Waals surface area contributed by atoms with Gasteiger partial charge in [-0.3, -0.25) is 9.67 Å². The Bertz CT molecular complexity index is 502. The van der Waals surface area contributed by atoms with E-state index in [1.807, 2.05) is 39.1 Å². The molecule has 0 saturated carbocycles. The van der Waals surface area contributed by atoms with Crippen molar-refractivity contribution < 1.29 is 5.11 Å². The van der Waals surface area contributed by atoms with Gasteiger partial charge in [0.15, 0.2) is 0 Å². The maximum absolute atomic E-state index is 10.3. The van der Waals surface area contributed by atoms with Crippen molar-refractivity contribution in [3.8, 4) is 0 Å². The summed E-state index contributed by atoms with van der Waals surface area (Å²) in [6.45, 7) is 3.97. The smallest absolute Gasteiger partial charge is 0.122 e. The zero-order valence-corrected chi connectivity index (χ0v) is 10.4. The second-order valence-electron chi connectivity index (χ2n) is 4.17. The van der Waals surface area contributed by atoms with Gasteiger partial charge in [-0.15, -0.1) is 0 Å². The van der Waals surface area contributed by atoms with Crippen molar-refractivity contribution in [1.29, 1.82) is 0 Å². The molecule has 2 aromatic rings. The number of aliphatic hydroxyl groups excluding tert-OH is 1. The Morgan fingerprint density at radius 3 is 2.71 bits per heavy atom. The molecule has 0 saturated heterocycles. The van der Waals surface area contributed by atoms with E-state index in [-0.39, 0.29) is 0 Å². The van der Waals surface area contributed by atoms with Crippen molar-refractivity contribution in [2.24, 2.45) is 7.05 Å². The number of aliphatic hydroxyl groups is 1. The first-order valence-corrected chi connectivity index (χ1v) is 5.75. The van der Waals surface area contributed by atoms with Crippen molar-refractivity contribution in [2.45, 2.75) is 26.4 Å². The molecule has 0 aliphatic carbocycles. The second-order valence-corrected chi connectivity index (χ2v) is 4.17. The molecule has 0 aliphatic rings. The fourth-order valence-electron chi connectivity index (χ4n) is 1.78. The molecule has 4 nitrogen and oxygen atoms in total. The van der Waals surface area contributed by atoms with Gasteiger partial charge >= 0.3 is 0 Å². The summed E-state index contributed by atoms with van der Waals surface area (Å²) in [5.74, 6) is 0. The molecule has 0 fully saturated rings. The molecule has 0 bridgehead atoms. The minimum atomic E-state index is -0.666. The van der Waals surface area contributed by atoms with Crippen LogP contribution in [0.5, 0.6) is 0 Å². The Morgan fingerprint density at radius 2 is 2.18 bits per heavy atom. The average molecular weight is 231 g/mol. The molecule has 2 aromatic heterocycles. The number of nitrogens with zero attached hydrogens (tertiary/aromatic N) is 3. The summed E-state index contributed by atoms with van der Waals surface area (Å²) in [6.07, 6.45) is 1.91. The lowest BCUT2D eigenvalue weighted by atomic mass is 10.1. The van der Waals surface area contributed by atoms with Crippen LogP contribution in [-0.4, -0.2) is 19.9 Å². The van der Waals surface area contributed by atoms with Crippen molar-refractivity contribution in [2.75, 3.05) is 0 Å². The zero-order valence-electron chi connectivity index (χ0n) is 10.4. The molecule has 0 spiro atoms. The topological polar surface area (TPSA) is 50.9 Å². The summed E-state index contributed by atoms with van der Waals surface area (Å²) in [4.78, 5) is 4.19. The highest BCUT2D eigenvalue weighted by Gasteiger charge is 2.15. The Kier molecular flexibility index (Phi) is 3.24. The number of aryl methyl sites for hydroxylation is 3. The van der Waals surface area contributed by atoms with Crippen LogP contribution >= 0.6 is 0 Å². The summed E-state index contributed by atoms with van der Waals surface area (Å²) in [5, 5.41) is 14.6. The molecular formula is C13H17N3O. The van der Waals surface area contributed by atoms with E-state index in [9.17, 15) is 5.11 Å². The van der Waals surface area contributed by atoms with Crippen LogP contribution in [0.25, 0.3) is 0 Å². The Labute approximate surface area is 101 Å². The predicted octanol–water partition coefficient (Wildman–Crippen LogP) is 1.77. The van der Waals surface area contributed by atoms with Gasteiger partial charge in [-0.1, -0.05) is 13.0 Å². The van der Waals surface area contributed by atoms with Crippen LogP contribution in [0.15, 0.2) is 24.4 Å². The molecule has 2 rings (SSSR count). The third-order valence-corrected chi connectivity index (χ3v) is 2.86. The molecule has 90 valence electrons. The molecular weight excluding hydrogens is 214 g/mol. The van der Waals surface area contributed by atoms with Gasteiger partial charge in [-0.2, -0.15) is 5.10 Å². The molecule has 1 N–H and O–H groups in total. The van der Waals surface area contributed by atoms with Gasteiger partial charge in [0.1, 0.15) is 6.10 Å². The van der Waals surface area contributed by atoms with Crippen LogP contribution in [0.4, 0.5) is 0 Å². The van der Waals surface area contributed by atoms with Crippen LogP contribution in [-0.2, 0) is 13.5 Å². The number of aromatic nitrogens is 3. The van der Waals surface area contributed by atoms with Crippen molar-refractivity contribution in [3.05, 3.63) is 47.0 Å². The molecule has 0 aliphatic heterocycles. The Morgan fingerprint density at radius 1 is 1.41 bits per heavy atom. The molecule has 1 unspecified atom stereocenters. The Balaban J connectivity index is 2.32. The minimum Gasteiger partial charge on any atom is -0.382 e. The summed E-state index contributed by atoms with van der Waals surface area (Å²) >= 11 is 0. The number of hydrogen-bond acceptors (Lipinski definition) is 3. The maximum Gasteiger partial charge on any atom is 0.122 e. The molecule has 0 amide bonds. The van der Waals surface area contributed by atoms with Crippen LogP contribution < -0.4 is 0 Å². The van der Waals surface area contributed by atoms with Crippen molar-refractivity contribution >= 4 is 0 Å². The summed E-state index contributed by atoms with van der Waals surface area (Å²) in [6, 6.07) is 5.73. The monoisotopic (exact) mass is 231 g/mol. The van der Waals surface area contributed by atoms with Gasteiger partial charge in [0.25, 0.3) is 0 Å². The van der Waals surface area contributed by atoms with Crippen LogP contribution in [0, 0.1) is 6.92 Å². The average Bonchev–Trinajstić information content (AvgIpc) is 2.71. The van der Waals surface area contributed by atoms with Crippen LogP contribution in [0.1, 0.15) is 35.7 Å². The van der Waals surface area contributed by atoms with E-state index < -0.39 is 6.10 Å². The fraction of sp³-hybridized carbons (Fsp3) is 0.385. The summed E-state index contributed by atoms with van der Waals surface area (Å²) in [7, 11) is 1.85. The predicted molar refractivity (Wildman–Crippen MR) is 65.6 cm³/mol. The van der Waals surface area contributed by atoms with Gasteiger partial charge in [-0.05, 0) is 25.5 Å². The lowest BCUT2D eigenvalue weighted by Gasteiger charge is -2.10. The van der Waals surface area contributed by atoms with Gasteiger partial charge in [0, 0.05) is 24.5 Å². The normalized spacial score (nSPS) is 12.7. The van der Waals surface area contributed by atoms with E-state index in [0.717, 1.165) is 29.1 Å². The van der Waals surface area contributed by atoms with E-state index in [4.69, 9.17) is 0 Å². The SMILES string of the molecule is CCc1cc(C(O)c2ccc(C)nc2)n(C)n1. The zero-order chi connectivity index (χ0) is 12.4. The summed E-state index contributed by atoms with van der Waals surface area (Å²) < 4.78 is 1.73. The first-order valence-electron chi connectivity index (χ1n) is 5.75. The largest absolute Gasteiger partial charge is 0.382 e. The third kappa shape index (κ3) is 2.36. The van der Waals surface area contributed by atoms with E-state index in [1.54, 1.807) is 10.9 Å². The van der Waals surface area contributed by atoms with Gasteiger partial charge < -0.3 is 5.11 Å². The van der Waals surface area contributed by atoms with Crippen LogP contribution in [0.2, 0.25) is 0 Å². The molecule has 0 aromatic carbocycles. The molecule has 4 heteroatoms. The second kappa shape index (κ2) is 4.67. The fourth-order valence-corrected chi connectivity index (χ4v) is 1.78. The molecule has 0 radical (unpaired) electrons. The van der Waals surface area contributed by atoms with Gasteiger partial charge in [0.2, 0.25) is 0 Å². The molecule has 2 heterocycles. The van der Waals surface area contributed by atoms with Crippen LogP contribution in [0.3, 0.4) is 0 Å². The van der Waals surface area contributed by atoms with Gasteiger partial charge in [-0.25, -0.2) is 0 Å². The highest BCUT2D eigenvalue weighted by atomic mass is 16.3. The molecule has 1 atom stereocenters. The lowest BCUT2D eigenvalue weighted by molar-refractivity contribution is 0.209. The van der Waals surface area contributed by atoms with Crippen molar-refractivity contribution in [3.63, 3.8) is 0 Å². The quantitative estimate of drug-likeness (QED) is 0.875. The van der Waals surface area contributed by atoms with E-state index in [0.29, 0.717) is 0 Å². The highest BCUT2D eigenvalue weighted by molar-refractivity contribution is 5.25. The van der Waals surface area contributed by atoms with E-state index in [1.165, 1.54) is 0 Å². The third-order valence-electron chi connectivity index (χ3n) is 2.86. The first-order chi connectivity index (χ1) is 8.11. The summed E-state index contributed by atoms with van der Waals surface area (Å²) in [5.41, 5.74) is 3.52. The van der Waals surface area contributed by atoms with Gasteiger partial charge in [0.05, 0.1) is 11.4 Å². The number of pyridine rings is 1. The first kappa shape index (κ1) is 11.8. The number of hydrogen-bond donors (Lipinski definition) is 1.